The number of aromatic nitrogens is 4. The van der Waals surface area contributed by atoms with Crippen molar-refractivity contribution in [2.45, 2.75) is 19.3 Å². The van der Waals surface area contributed by atoms with E-state index in [9.17, 15) is 4.79 Å². The van der Waals surface area contributed by atoms with Crippen LogP contribution in [0.15, 0.2) is 36.7 Å². The van der Waals surface area contributed by atoms with Crippen molar-refractivity contribution in [1.82, 2.24) is 29.8 Å². The fraction of sp³-hybridized carbons (Fsp3) is 0.391. The lowest BCUT2D eigenvalue weighted by atomic mass is 10.1. The van der Waals surface area contributed by atoms with Gasteiger partial charge >= 0.3 is 0 Å². The Labute approximate surface area is 187 Å². The molecule has 9 heteroatoms. The fourth-order valence-electron chi connectivity index (χ4n) is 4.31. The minimum atomic E-state index is -0.0297. The number of hydrogen-bond donors (Lipinski definition) is 2. The molecule has 0 spiro atoms. The van der Waals surface area contributed by atoms with E-state index in [1.165, 1.54) is 5.57 Å². The number of carbonyl (C=O) groups excluding carboxylic acids is 1. The van der Waals surface area contributed by atoms with Crippen LogP contribution in [0, 0.1) is 0 Å². The molecule has 3 aromatic heterocycles. The van der Waals surface area contributed by atoms with Gasteiger partial charge in [-0.05, 0) is 43.0 Å². The maximum Gasteiger partial charge on any atom is 0.255 e. The molecule has 0 radical (unpaired) electrons. The van der Waals surface area contributed by atoms with Crippen LogP contribution in [0.25, 0.3) is 11.1 Å². The van der Waals surface area contributed by atoms with Crippen LogP contribution in [0.1, 0.15) is 35.3 Å². The van der Waals surface area contributed by atoms with Crippen LogP contribution in [0.5, 0.6) is 0 Å². The molecule has 9 nitrogen and oxygen atoms in total. The second-order valence-electron chi connectivity index (χ2n) is 8.41. The van der Waals surface area contributed by atoms with Crippen molar-refractivity contribution in [3.8, 4) is 0 Å². The summed E-state index contributed by atoms with van der Waals surface area (Å²) in [6.07, 6.45) is 8.90. The number of amides is 1. The summed E-state index contributed by atoms with van der Waals surface area (Å²) in [5.41, 5.74) is 4.60. The smallest absolute Gasteiger partial charge is 0.255 e. The Morgan fingerprint density at radius 1 is 1.16 bits per heavy atom. The molecule has 1 saturated heterocycles. The monoisotopic (exact) mass is 432 g/mol. The van der Waals surface area contributed by atoms with Gasteiger partial charge in [-0.3, -0.25) is 4.79 Å². The van der Waals surface area contributed by atoms with Gasteiger partial charge in [0, 0.05) is 40.3 Å². The van der Waals surface area contributed by atoms with E-state index < -0.39 is 0 Å². The summed E-state index contributed by atoms with van der Waals surface area (Å²) in [6.45, 7) is 3.94. The summed E-state index contributed by atoms with van der Waals surface area (Å²) < 4.78 is 1.83. The van der Waals surface area contributed by atoms with Crippen molar-refractivity contribution < 1.29 is 4.79 Å². The Bertz CT molecular complexity index is 1160. The molecule has 5 rings (SSSR count). The second-order valence-corrected chi connectivity index (χ2v) is 8.41. The molecular weight excluding hydrogens is 404 g/mol. The predicted octanol–water partition coefficient (Wildman–Crippen LogP) is 2.55. The number of fused-ring (bicyclic) bond motifs is 1. The SMILES string of the molecule is CN(C)C(=O)c1cc2cnc(Nc3ccc(N4CCNCC4)cn3)nn2c1C1=CCCC1. The summed E-state index contributed by atoms with van der Waals surface area (Å²) in [5.74, 6) is 1.10. The number of rotatable bonds is 5. The van der Waals surface area contributed by atoms with E-state index in [1.54, 1.807) is 25.2 Å². The van der Waals surface area contributed by atoms with Crippen LogP contribution < -0.4 is 15.5 Å². The van der Waals surface area contributed by atoms with Crippen LogP contribution >= 0.6 is 0 Å². The number of nitrogens with zero attached hydrogens (tertiary/aromatic N) is 6. The van der Waals surface area contributed by atoms with E-state index in [0.29, 0.717) is 17.3 Å². The van der Waals surface area contributed by atoms with Crippen LogP contribution in [0.2, 0.25) is 0 Å². The maximum atomic E-state index is 12.8. The van der Waals surface area contributed by atoms with Gasteiger partial charge in [0.05, 0.1) is 34.9 Å². The van der Waals surface area contributed by atoms with E-state index in [-0.39, 0.29) is 5.91 Å². The van der Waals surface area contributed by atoms with Crippen LogP contribution in [0.4, 0.5) is 17.5 Å². The standard InChI is InChI=1S/C23H28N8O/c1-29(2)22(32)19-13-18-15-26-23(28-31(18)21(19)16-5-3-4-6-16)27-20-8-7-17(14-25-20)30-11-9-24-10-12-30/h5,7-8,13-15,24H,3-4,6,9-12H2,1-2H3,(H,25,27,28). The van der Waals surface area contributed by atoms with Gasteiger partial charge in [0.1, 0.15) is 5.82 Å². The van der Waals surface area contributed by atoms with Gasteiger partial charge in [-0.2, -0.15) is 0 Å². The molecule has 1 fully saturated rings. The van der Waals surface area contributed by atoms with Crippen molar-refractivity contribution in [1.29, 1.82) is 0 Å². The Morgan fingerprint density at radius 2 is 2.00 bits per heavy atom. The third-order valence-corrected chi connectivity index (χ3v) is 5.97. The predicted molar refractivity (Wildman–Crippen MR) is 125 cm³/mol. The van der Waals surface area contributed by atoms with E-state index in [4.69, 9.17) is 5.10 Å². The van der Waals surface area contributed by atoms with E-state index >= 15 is 0 Å². The molecular formula is C23H28N8O. The first-order valence-electron chi connectivity index (χ1n) is 11.1. The van der Waals surface area contributed by atoms with Crippen molar-refractivity contribution in [3.05, 3.63) is 47.9 Å². The summed E-state index contributed by atoms with van der Waals surface area (Å²) in [4.78, 5) is 25.8. The van der Waals surface area contributed by atoms with Crippen LogP contribution in [0.3, 0.4) is 0 Å². The lowest BCUT2D eigenvalue weighted by Gasteiger charge is -2.29. The maximum absolute atomic E-state index is 12.8. The van der Waals surface area contributed by atoms with Crippen molar-refractivity contribution >= 4 is 34.5 Å². The quantitative estimate of drug-likeness (QED) is 0.640. The first-order chi connectivity index (χ1) is 15.6. The van der Waals surface area contributed by atoms with Gasteiger partial charge in [-0.1, -0.05) is 6.08 Å². The van der Waals surface area contributed by atoms with E-state index in [2.05, 4.69) is 37.6 Å². The van der Waals surface area contributed by atoms with Crippen LogP contribution in [-0.2, 0) is 0 Å². The number of allylic oxidation sites excluding steroid dienone is 2. The molecule has 0 atom stereocenters. The minimum absolute atomic E-state index is 0.0297. The number of nitrogens with one attached hydrogen (secondary N) is 2. The topological polar surface area (TPSA) is 90.7 Å². The molecule has 1 aliphatic carbocycles. The van der Waals surface area contributed by atoms with Gasteiger partial charge in [-0.25, -0.2) is 14.5 Å². The third-order valence-electron chi connectivity index (χ3n) is 5.97. The second kappa shape index (κ2) is 8.58. The Morgan fingerprint density at radius 3 is 2.69 bits per heavy atom. The van der Waals surface area contributed by atoms with Gasteiger partial charge in [0.15, 0.2) is 0 Å². The number of hydrogen-bond acceptors (Lipinski definition) is 7. The largest absolute Gasteiger partial charge is 0.368 e. The Kier molecular flexibility index (Phi) is 5.48. The normalized spacial score (nSPS) is 16.3. The average Bonchev–Trinajstić information content (AvgIpc) is 3.47. The molecule has 0 unspecified atom stereocenters. The van der Waals surface area contributed by atoms with Gasteiger partial charge in [-0.15, -0.1) is 5.10 Å². The average molecular weight is 433 g/mol. The molecule has 1 aliphatic heterocycles. The fourth-order valence-corrected chi connectivity index (χ4v) is 4.31. The lowest BCUT2D eigenvalue weighted by Crippen LogP contribution is -2.43. The van der Waals surface area contributed by atoms with Crippen molar-refractivity contribution in [2.75, 3.05) is 50.5 Å². The summed E-state index contributed by atoms with van der Waals surface area (Å²) >= 11 is 0. The van der Waals surface area contributed by atoms with Gasteiger partial charge < -0.3 is 20.4 Å². The summed E-state index contributed by atoms with van der Waals surface area (Å²) in [5, 5.41) is 11.3. The van der Waals surface area contributed by atoms with E-state index in [0.717, 1.165) is 62.3 Å². The molecule has 1 amide bonds. The zero-order valence-corrected chi connectivity index (χ0v) is 18.5. The molecule has 2 N–H and O–H groups in total. The van der Waals surface area contributed by atoms with Gasteiger partial charge in [0.25, 0.3) is 5.91 Å². The molecule has 2 aliphatic rings. The van der Waals surface area contributed by atoms with Gasteiger partial charge in [0.2, 0.25) is 5.95 Å². The highest BCUT2D eigenvalue weighted by Gasteiger charge is 2.23. The summed E-state index contributed by atoms with van der Waals surface area (Å²) in [7, 11) is 3.54. The van der Waals surface area contributed by atoms with E-state index in [1.807, 2.05) is 22.8 Å². The molecule has 0 aromatic carbocycles. The van der Waals surface area contributed by atoms with Crippen molar-refractivity contribution in [2.24, 2.45) is 0 Å². The Hall–Kier alpha value is -3.46. The Balaban J connectivity index is 1.45. The molecule has 0 bridgehead atoms. The molecule has 3 aromatic rings. The highest BCUT2D eigenvalue weighted by atomic mass is 16.2. The highest BCUT2D eigenvalue weighted by molar-refractivity contribution is 6.00. The lowest BCUT2D eigenvalue weighted by molar-refractivity contribution is 0.0827. The zero-order chi connectivity index (χ0) is 22.1. The number of anilines is 3. The molecule has 32 heavy (non-hydrogen) atoms. The molecule has 166 valence electrons. The first kappa shape index (κ1) is 20.4. The number of carbonyl (C=O) groups is 1. The minimum Gasteiger partial charge on any atom is -0.368 e. The van der Waals surface area contributed by atoms with Crippen molar-refractivity contribution in [3.63, 3.8) is 0 Å². The summed E-state index contributed by atoms with van der Waals surface area (Å²) in [6, 6.07) is 5.89. The number of pyridine rings is 1. The first-order valence-corrected chi connectivity index (χ1v) is 11.1. The highest BCUT2D eigenvalue weighted by Crippen LogP contribution is 2.32. The third kappa shape index (κ3) is 3.91. The zero-order valence-electron chi connectivity index (χ0n) is 18.5. The van der Waals surface area contributed by atoms with Crippen LogP contribution in [-0.4, -0.2) is 70.7 Å². The molecule has 4 heterocycles. The number of piperazine rings is 1. The molecule has 0 saturated carbocycles.